The summed E-state index contributed by atoms with van der Waals surface area (Å²) in [5.41, 5.74) is -8.35. The highest BCUT2D eigenvalue weighted by Gasteiger charge is 2.33. The maximum absolute atomic E-state index is 12.5. The Balaban J connectivity index is 6.53. The van der Waals surface area contributed by atoms with Gasteiger partial charge in [0.15, 0.2) is 0 Å². The number of ether oxygens (including phenoxy) is 1. The highest BCUT2D eigenvalue weighted by atomic mass is 32.9. The molecule has 0 rings (SSSR count). The van der Waals surface area contributed by atoms with Crippen LogP contribution < -0.4 is 0 Å². The number of rotatable bonds is 41. The van der Waals surface area contributed by atoms with E-state index >= 15 is 0 Å². The molecule has 0 fully saturated rings. The van der Waals surface area contributed by atoms with E-state index in [9.17, 15) is 4.79 Å². The topological polar surface area (TPSA) is 81.7 Å². The molecule has 0 amide bonds. The molecule has 0 aromatic carbocycles. The van der Waals surface area contributed by atoms with Crippen molar-refractivity contribution in [1.82, 2.24) is 0 Å². The Labute approximate surface area is 385 Å². The lowest BCUT2D eigenvalue weighted by molar-refractivity contribution is -0.142. The lowest BCUT2D eigenvalue weighted by Crippen LogP contribution is -2.20. The molecule has 0 aromatic rings. The third-order valence-corrected chi connectivity index (χ3v) is 24.8. The Morgan fingerprint density at radius 3 is 1.09 bits per heavy atom. The van der Waals surface area contributed by atoms with Crippen molar-refractivity contribution < 1.29 is 36.7 Å². The zero-order valence-corrected chi connectivity index (χ0v) is 45.9. The Kier molecular flexibility index (Phi) is 37.8. The predicted octanol–water partition coefficient (Wildman–Crippen LogP) is 16.3. The first kappa shape index (κ1) is 60.2. The van der Waals surface area contributed by atoms with E-state index in [4.69, 9.17) is 67.3 Å². The molecule has 0 bridgehead atoms. The average molecular weight is 991 g/mol. The van der Waals surface area contributed by atoms with Crippen LogP contribution in [0.5, 0.6) is 0 Å². The summed E-state index contributed by atoms with van der Waals surface area (Å²) in [4.78, 5) is 12.5. The van der Waals surface area contributed by atoms with Gasteiger partial charge < -0.3 is 31.9 Å². The normalized spacial score (nSPS) is 14.8. The lowest BCUT2D eigenvalue weighted by atomic mass is 10.1. The highest BCUT2D eigenvalue weighted by molar-refractivity contribution is 8.69. The second-order valence-electron chi connectivity index (χ2n) is 15.9. The minimum absolute atomic E-state index is 0.0650. The number of esters is 1. The van der Waals surface area contributed by atoms with Crippen LogP contribution in [0.25, 0.3) is 0 Å². The third kappa shape index (κ3) is 34.6. The Morgan fingerprint density at radius 1 is 0.466 bits per heavy atom. The second-order valence-corrected chi connectivity index (χ2v) is 34.8. The fourth-order valence-corrected chi connectivity index (χ4v) is 22.8. The first-order valence-corrected chi connectivity index (χ1v) is 35.1. The van der Waals surface area contributed by atoms with Crippen LogP contribution >= 0.6 is 51.2 Å². The molecule has 0 aliphatic heterocycles. The number of hydrogen-bond acceptors (Lipinski definition) is 14. The van der Waals surface area contributed by atoms with Crippen molar-refractivity contribution in [2.24, 2.45) is 0 Å². The molecule has 0 aromatic heterocycles. The molecule has 0 saturated carbocycles. The van der Waals surface area contributed by atoms with Gasteiger partial charge in [0.05, 0.1) is 49.7 Å². The molecule has 0 spiro atoms. The molecule has 0 aliphatic carbocycles. The lowest BCUT2D eigenvalue weighted by Gasteiger charge is -2.33. The zero-order valence-electron chi connectivity index (χ0n) is 38.3. The Hall–Kier alpha value is 2.23. The molecule has 0 aliphatic rings. The fourth-order valence-electron chi connectivity index (χ4n) is 5.82. The summed E-state index contributed by atoms with van der Waals surface area (Å²) in [5.74, 6) is 1.36. The van der Waals surface area contributed by atoms with Crippen molar-refractivity contribution in [1.29, 1.82) is 0 Å². The van der Waals surface area contributed by atoms with Crippen LogP contribution in [0.15, 0.2) is 0 Å². The Bertz CT molecular complexity index is 1070. The maximum atomic E-state index is 12.5. The van der Waals surface area contributed by atoms with E-state index in [1.54, 1.807) is 22.8 Å². The maximum Gasteiger partial charge on any atom is 0.306 e. The number of carbonyl (C=O) groups excluding carboxylic acids is 1. The fraction of sp³-hybridized carbons (Fsp3) is 0.976. The number of carbonyl (C=O) groups is 1. The summed E-state index contributed by atoms with van der Waals surface area (Å²) in [6.45, 7) is 22.6. The van der Waals surface area contributed by atoms with Crippen LogP contribution in [0.3, 0.4) is 0 Å². The molecular weight excluding hydrogens is 906 g/mol. The average Bonchev–Trinajstić information content (AvgIpc) is 3.10. The van der Waals surface area contributed by atoms with Gasteiger partial charge in [0.25, 0.3) is 0 Å². The van der Waals surface area contributed by atoms with Crippen LogP contribution in [0.2, 0.25) is 0 Å². The van der Waals surface area contributed by atoms with E-state index in [2.05, 4.69) is 13.8 Å². The van der Waals surface area contributed by atoms with Gasteiger partial charge in [-0.05, 0) is 111 Å². The molecule has 58 heavy (non-hydrogen) atoms. The van der Waals surface area contributed by atoms with E-state index in [0.717, 1.165) is 38.5 Å². The molecule has 17 heteroatoms. The van der Waals surface area contributed by atoms with E-state index < -0.39 is 17.1 Å². The summed E-state index contributed by atoms with van der Waals surface area (Å²) in [5, 5.41) is 0. The predicted molar refractivity (Wildman–Crippen MR) is 271 cm³/mol. The van der Waals surface area contributed by atoms with Crippen LogP contribution in [-0.4, -0.2) is 66.5 Å². The molecule has 348 valence electrons. The van der Waals surface area contributed by atoms with Gasteiger partial charge in [-0.1, -0.05) is 151 Å². The van der Waals surface area contributed by atoms with Gasteiger partial charge in [-0.3, -0.25) is 4.79 Å². The highest BCUT2D eigenvalue weighted by Crippen LogP contribution is 2.67. The molecule has 0 radical (unpaired) electrons. The smallest absolute Gasteiger partial charge is 0.306 e. The van der Waals surface area contributed by atoms with Crippen molar-refractivity contribution >= 4 is 92.6 Å². The standard InChI is InChI=1S/C41H85O8P3S6/c1-12-15-17-19-21-23-25-27-29-39(33-57-50(53,44-35(4)5)45-36(6)7)48-52(55,56-32-31-41(42)43-14-3)49-40(30-28-26-24-22-20-18-16-13-2)34-58-51(54,46-37(8)9)47-38(10)11/h35-40H,12-34H2,1-11H3. The SMILES string of the molecule is CCCCCCCCCCC(CSP(=S)(OC(C)C)OC(C)C)OP(=S)(OC(CCCCCCCCCC)CSP(=S)(OC(C)C)OC(C)C)SCCC(=O)OCC. The molecule has 0 saturated heterocycles. The summed E-state index contributed by atoms with van der Waals surface area (Å²) in [6, 6.07) is 0. The van der Waals surface area contributed by atoms with Gasteiger partial charge in [-0.2, -0.15) is 0 Å². The molecular formula is C41H85O8P3S6. The first-order valence-electron chi connectivity index (χ1n) is 22.4. The molecule has 2 atom stereocenters. The zero-order chi connectivity index (χ0) is 43.9. The van der Waals surface area contributed by atoms with E-state index in [-0.39, 0.29) is 49.0 Å². The van der Waals surface area contributed by atoms with Crippen molar-refractivity contribution in [3.8, 4) is 0 Å². The second kappa shape index (κ2) is 36.4. The van der Waals surface area contributed by atoms with Crippen LogP contribution in [0.4, 0.5) is 0 Å². The van der Waals surface area contributed by atoms with Crippen molar-refractivity contribution in [3.63, 3.8) is 0 Å². The van der Waals surface area contributed by atoms with Crippen molar-refractivity contribution in [2.75, 3.05) is 23.9 Å². The number of hydrogen-bond donors (Lipinski definition) is 0. The number of unbranched alkanes of at least 4 members (excludes halogenated alkanes) is 14. The van der Waals surface area contributed by atoms with Crippen LogP contribution in [-0.2, 0) is 72.1 Å². The van der Waals surface area contributed by atoms with Gasteiger partial charge in [0.1, 0.15) is 0 Å². The largest absolute Gasteiger partial charge is 0.466 e. The van der Waals surface area contributed by atoms with E-state index in [1.807, 2.05) is 62.3 Å². The summed E-state index contributed by atoms with van der Waals surface area (Å²) < 4.78 is 44.6. The molecule has 0 N–H and O–H groups in total. The van der Waals surface area contributed by atoms with Crippen molar-refractivity contribution in [3.05, 3.63) is 0 Å². The first-order chi connectivity index (χ1) is 27.4. The quantitative estimate of drug-likeness (QED) is 0.0331. The van der Waals surface area contributed by atoms with Crippen LogP contribution in [0, 0.1) is 0 Å². The Morgan fingerprint density at radius 2 is 0.776 bits per heavy atom. The molecule has 2 unspecified atom stereocenters. The molecule has 0 heterocycles. The van der Waals surface area contributed by atoms with Gasteiger partial charge in [0, 0.05) is 17.3 Å². The minimum atomic E-state index is -3.02. The van der Waals surface area contributed by atoms with E-state index in [0.29, 0.717) is 23.9 Å². The summed E-state index contributed by atoms with van der Waals surface area (Å²) in [7, 11) is 0. The van der Waals surface area contributed by atoms with Gasteiger partial charge in [-0.15, -0.1) is 0 Å². The van der Waals surface area contributed by atoms with Gasteiger partial charge in [0.2, 0.25) is 17.1 Å². The van der Waals surface area contributed by atoms with Crippen LogP contribution in [0.1, 0.15) is 198 Å². The van der Waals surface area contributed by atoms with Gasteiger partial charge >= 0.3 is 5.97 Å². The monoisotopic (exact) mass is 990 g/mol. The molecule has 8 nitrogen and oxygen atoms in total. The van der Waals surface area contributed by atoms with E-state index in [1.165, 1.54) is 88.4 Å². The van der Waals surface area contributed by atoms with Gasteiger partial charge in [-0.25, -0.2) is 0 Å². The summed E-state index contributed by atoms with van der Waals surface area (Å²) >= 11 is 23.2. The third-order valence-electron chi connectivity index (χ3n) is 8.37. The minimum Gasteiger partial charge on any atom is -0.466 e. The van der Waals surface area contributed by atoms with Crippen molar-refractivity contribution in [2.45, 2.75) is 235 Å². The summed E-state index contributed by atoms with van der Waals surface area (Å²) in [6.07, 6.45) is 20.7.